The molecule has 0 amide bonds. The van der Waals surface area contributed by atoms with Gasteiger partial charge >= 0.3 is 5.97 Å². The first-order chi connectivity index (χ1) is 7.95. The van der Waals surface area contributed by atoms with E-state index in [9.17, 15) is 9.18 Å². The summed E-state index contributed by atoms with van der Waals surface area (Å²) in [6.45, 7) is 3.68. The lowest BCUT2D eigenvalue weighted by Crippen LogP contribution is -2.30. The van der Waals surface area contributed by atoms with Crippen molar-refractivity contribution in [2.45, 2.75) is 19.9 Å². The predicted octanol–water partition coefficient (Wildman–Crippen LogP) is 1.95. The molecule has 0 spiro atoms. The van der Waals surface area contributed by atoms with Crippen molar-refractivity contribution in [2.75, 3.05) is 11.9 Å². The lowest BCUT2D eigenvalue weighted by molar-refractivity contribution is 0.0697. The molecule has 3 N–H and O–H groups in total. The predicted molar refractivity (Wildman–Crippen MR) is 62.7 cm³/mol. The van der Waals surface area contributed by atoms with E-state index in [1.807, 2.05) is 13.8 Å². The number of carbonyl (C=O) groups is 1. The molecule has 0 aliphatic heterocycles. The molecule has 0 heterocycles. The first-order valence-corrected chi connectivity index (χ1v) is 5.36. The van der Waals surface area contributed by atoms with E-state index in [-0.39, 0.29) is 24.1 Å². The van der Waals surface area contributed by atoms with Crippen LogP contribution in [0.5, 0.6) is 0 Å². The van der Waals surface area contributed by atoms with Crippen LogP contribution in [0.1, 0.15) is 24.2 Å². The second-order valence-electron chi connectivity index (χ2n) is 4.17. The summed E-state index contributed by atoms with van der Waals surface area (Å²) in [7, 11) is 0. The Hall–Kier alpha value is -1.62. The van der Waals surface area contributed by atoms with Crippen molar-refractivity contribution in [3.05, 3.63) is 29.6 Å². The number of hydrogen-bond acceptors (Lipinski definition) is 3. The van der Waals surface area contributed by atoms with Gasteiger partial charge in [0.05, 0.1) is 18.2 Å². The number of carboxylic acid groups (broad SMARTS) is 1. The van der Waals surface area contributed by atoms with Gasteiger partial charge in [-0.3, -0.25) is 0 Å². The standard InChI is InChI=1S/C12H16FNO3/c1-7(2)11(6-15)14-10-4-3-8(13)5-9(10)12(16)17/h3-5,7,11,14-15H,6H2,1-2H3,(H,16,17)/t11-/m1/s1. The molecule has 1 atom stereocenters. The minimum Gasteiger partial charge on any atom is -0.478 e. The molecule has 1 rings (SSSR count). The Kier molecular flexibility index (Phi) is 4.45. The summed E-state index contributed by atoms with van der Waals surface area (Å²) in [6, 6.07) is 3.24. The highest BCUT2D eigenvalue weighted by atomic mass is 19.1. The van der Waals surface area contributed by atoms with Crippen molar-refractivity contribution in [2.24, 2.45) is 5.92 Å². The van der Waals surface area contributed by atoms with Crippen molar-refractivity contribution in [1.82, 2.24) is 0 Å². The molecule has 4 nitrogen and oxygen atoms in total. The van der Waals surface area contributed by atoms with Gasteiger partial charge in [0.15, 0.2) is 0 Å². The fraction of sp³-hybridized carbons (Fsp3) is 0.417. The van der Waals surface area contributed by atoms with Gasteiger partial charge in [0, 0.05) is 5.69 Å². The van der Waals surface area contributed by atoms with E-state index in [0.29, 0.717) is 5.69 Å². The zero-order valence-corrected chi connectivity index (χ0v) is 9.77. The van der Waals surface area contributed by atoms with Gasteiger partial charge in [-0.25, -0.2) is 9.18 Å². The Morgan fingerprint density at radius 3 is 2.59 bits per heavy atom. The summed E-state index contributed by atoms with van der Waals surface area (Å²) >= 11 is 0. The average Bonchev–Trinajstić information content (AvgIpc) is 2.26. The van der Waals surface area contributed by atoms with Crippen LogP contribution < -0.4 is 5.32 Å². The molecule has 0 radical (unpaired) electrons. The molecular weight excluding hydrogens is 225 g/mol. The maximum atomic E-state index is 12.9. The third kappa shape index (κ3) is 3.42. The van der Waals surface area contributed by atoms with E-state index >= 15 is 0 Å². The molecule has 1 aromatic carbocycles. The van der Waals surface area contributed by atoms with E-state index in [2.05, 4.69) is 5.32 Å². The normalized spacial score (nSPS) is 12.5. The zero-order valence-electron chi connectivity index (χ0n) is 9.77. The van der Waals surface area contributed by atoms with Crippen molar-refractivity contribution in [3.63, 3.8) is 0 Å². The average molecular weight is 241 g/mol. The molecule has 0 bridgehead atoms. The van der Waals surface area contributed by atoms with E-state index in [0.717, 1.165) is 6.07 Å². The Labute approximate surface area is 99.1 Å². The van der Waals surface area contributed by atoms with Crippen molar-refractivity contribution < 1.29 is 19.4 Å². The van der Waals surface area contributed by atoms with Gasteiger partial charge in [-0.05, 0) is 24.1 Å². The second-order valence-corrected chi connectivity index (χ2v) is 4.17. The first-order valence-electron chi connectivity index (χ1n) is 5.36. The number of aromatic carboxylic acids is 1. The SMILES string of the molecule is CC(C)[C@@H](CO)Nc1ccc(F)cc1C(=O)O. The Morgan fingerprint density at radius 2 is 2.12 bits per heavy atom. The highest BCUT2D eigenvalue weighted by Gasteiger charge is 2.16. The number of halogens is 1. The van der Waals surface area contributed by atoms with Gasteiger partial charge in [-0.1, -0.05) is 13.8 Å². The van der Waals surface area contributed by atoms with Crippen LogP contribution in [0.25, 0.3) is 0 Å². The number of aliphatic hydroxyl groups is 1. The molecule has 0 aliphatic carbocycles. The molecule has 5 heteroatoms. The topological polar surface area (TPSA) is 69.6 Å². The molecule has 94 valence electrons. The van der Waals surface area contributed by atoms with Crippen LogP contribution >= 0.6 is 0 Å². The zero-order chi connectivity index (χ0) is 13.0. The largest absolute Gasteiger partial charge is 0.478 e. The fourth-order valence-corrected chi connectivity index (χ4v) is 1.44. The quantitative estimate of drug-likeness (QED) is 0.737. The summed E-state index contributed by atoms with van der Waals surface area (Å²) in [5.41, 5.74) is 0.177. The number of hydrogen-bond donors (Lipinski definition) is 3. The van der Waals surface area contributed by atoms with E-state index in [1.165, 1.54) is 12.1 Å². The Bertz CT molecular complexity index is 407. The lowest BCUT2D eigenvalue weighted by atomic mass is 10.0. The van der Waals surface area contributed by atoms with E-state index < -0.39 is 11.8 Å². The summed E-state index contributed by atoms with van der Waals surface area (Å²) in [4.78, 5) is 10.9. The third-order valence-electron chi connectivity index (χ3n) is 2.55. The van der Waals surface area contributed by atoms with Gasteiger partial charge < -0.3 is 15.5 Å². The molecule has 0 saturated carbocycles. The van der Waals surface area contributed by atoms with Crippen molar-refractivity contribution in [3.8, 4) is 0 Å². The van der Waals surface area contributed by atoms with Gasteiger partial charge in [-0.15, -0.1) is 0 Å². The number of nitrogens with one attached hydrogen (secondary N) is 1. The second kappa shape index (κ2) is 5.63. The van der Waals surface area contributed by atoms with Crippen LogP contribution in [0.4, 0.5) is 10.1 Å². The molecule has 0 unspecified atom stereocenters. The summed E-state index contributed by atoms with van der Waals surface area (Å²) in [5.74, 6) is -1.67. The summed E-state index contributed by atoms with van der Waals surface area (Å²) in [5, 5.41) is 21.0. The Balaban J connectivity index is 3.01. The summed E-state index contributed by atoms with van der Waals surface area (Å²) in [6.07, 6.45) is 0. The van der Waals surface area contributed by atoms with Crippen LogP contribution in [0.2, 0.25) is 0 Å². The highest BCUT2D eigenvalue weighted by molar-refractivity contribution is 5.94. The Morgan fingerprint density at radius 1 is 1.47 bits per heavy atom. The fourth-order valence-electron chi connectivity index (χ4n) is 1.44. The first kappa shape index (κ1) is 13.4. The summed E-state index contributed by atoms with van der Waals surface area (Å²) < 4.78 is 12.9. The molecule has 1 aromatic rings. The van der Waals surface area contributed by atoms with Crippen molar-refractivity contribution >= 4 is 11.7 Å². The van der Waals surface area contributed by atoms with Crippen LogP contribution in [0.15, 0.2) is 18.2 Å². The monoisotopic (exact) mass is 241 g/mol. The molecule has 0 saturated heterocycles. The molecule has 0 aromatic heterocycles. The van der Waals surface area contributed by atoms with E-state index in [4.69, 9.17) is 10.2 Å². The molecule has 0 aliphatic rings. The number of carboxylic acids is 1. The maximum Gasteiger partial charge on any atom is 0.337 e. The van der Waals surface area contributed by atoms with Crippen LogP contribution in [0, 0.1) is 11.7 Å². The van der Waals surface area contributed by atoms with Gasteiger partial charge in [0.25, 0.3) is 0 Å². The van der Waals surface area contributed by atoms with Gasteiger partial charge in [0.1, 0.15) is 5.82 Å². The van der Waals surface area contributed by atoms with Crippen LogP contribution in [-0.4, -0.2) is 28.8 Å². The number of rotatable bonds is 5. The molecular formula is C12H16FNO3. The maximum absolute atomic E-state index is 12.9. The highest BCUT2D eigenvalue weighted by Crippen LogP contribution is 2.19. The smallest absolute Gasteiger partial charge is 0.337 e. The minimum atomic E-state index is -1.20. The van der Waals surface area contributed by atoms with Crippen LogP contribution in [-0.2, 0) is 0 Å². The van der Waals surface area contributed by atoms with Gasteiger partial charge in [-0.2, -0.15) is 0 Å². The molecule has 0 fully saturated rings. The minimum absolute atomic E-state index is 0.117. The molecule has 17 heavy (non-hydrogen) atoms. The van der Waals surface area contributed by atoms with Gasteiger partial charge in [0.2, 0.25) is 0 Å². The van der Waals surface area contributed by atoms with Crippen molar-refractivity contribution in [1.29, 1.82) is 0 Å². The number of anilines is 1. The lowest BCUT2D eigenvalue weighted by Gasteiger charge is -2.22. The van der Waals surface area contributed by atoms with E-state index in [1.54, 1.807) is 0 Å². The number of aliphatic hydroxyl groups excluding tert-OH is 1. The van der Waals surface area contributed by atoms with Crippen LogP contribution in [0.3, 0.4) is 0 Å². The third-order valence-corrected chi connectivity index (χ3v) is 2.55. The number of benzene rings is 1.